The summed E-state index contributed by atoms with van der Waals surface area (Å²) in [6.45, 7) is 9.88. The van der Waals surface area contributed by atoms with Gasteiger partial charge in [0.1, 0.15) is 0 Å². The molecule has 0 spiro atoms. The van der Waals surface area contributed by atoms with E-state index in [0.717, 1.165) is 18.7 Å². The Morgan fingerprint density at radius 2 is 1.77 bits per heavy atom. The Balaban J connectivity index is 1.89. The molecule has 2 rings (SSSR count). The second kappa shape index (κ2) is 7.63. The maximum absolute atomic E-state index is 12.5. The summed E-state index contributed by atoms with van der Waals surface area (Å²) >= 11 is 1.62. The van der Waals surface area contributed by atoms with E-state index in [2.05, 4.69) is 0 Å². The third-order valence-electron chi connectivity index (χ3n) is 4.31. The van der Waals surface area contributed by atoms with Gasteiger partial charge in [0.2, 0.25) is 5.91 Å². The zero-order chi connectivity index (χ0) is 16.1. The lowest BCUT2D eigenvalue weighted by molar-refractivity contribution is -0.133. The van der Waals surface area contributed by atoms with Crippen LogP contribution in [0, 0.1) is 0 Å². The highest BCUT2D eigenvalue weighted by molar-refractivity contribution is 7.08. The van der Waals surface area contributed by atoms with E-state index in [1.54, 1.807) is 11.3 Å². The molecule has 0 bridgehead atoms. The van der Waals surface area contributed by atoms with Gasteiger partial charge in [-0.2, -0.15) is 11.3 Å². The first-order valence-electron chi connectivity index (χ1n) is 7.93. The summed E-state index contributed by atoms with van der Waals surface area (Å²) in [6.07, 6.45) is 0. The fourth-order valence-corrected chi connectivity index (χ4v) is 3.50. The summed E-state index contributed by atoms with van der Waals surface area (Å²) in [5.74, 6) is 0.0598. The quantitative estimate of drug-likeness (QED) is 0.854. The van der Waals surface area contributed by atoms with E-state index < -0.39 is 0 Å². The molecule has 1 aromatic heterocycles. The molecule has 3 amide bonds. The molecule has 2 heterocycles. The van der Waals surface area contributed by atoms with Gasteiger partial charge < -0.3 is 14.7 Å². The van der Waals surface area contributed by atoms with Gasteiger partial charge in [0.25, 0.3) is 0 Å². The molecule has 6 heteroatoms. The third-order valence-corrected chi connectivity index (χ3v) is 5.01. The standard InChI is InChI=1S/C16H25N3O2S/c1-4-17(5-2)16(21)19-9-7-18(8-10-19)15(20)13(3)14-6-11-22-12-14/h6,11-13H,4-5,7-10H2,1-3H3/t13-/m1/s1. The van der Waals surface area contributed by atoms with Crippen LogP contribution in [0.2, 0.25) is 0 Å². The van der Waals surface area contributed by atoms with Gasteiger partial charge in [-0.25, -0.2) is 4.79 Å². The number of nitrogens with zero attached hydrogens (tertiary/aromatic N) is 3. The Hall–Kier alpha value is -1.56. The van der Waals surface area contributed by atoms with E-state index in [9.17, 15) is 9.59 Å². The van der Waals surface area contributed by atoms with E-state index in [4.69, 9.17) is 0 Å². The number of carbonyl (C=O) groups excluding carboxylic acids is 2. The first kappa shape index (κ1) is 16.8. The fourth-order valence-electron chi connectivity index (χ4n) is 2.75. The Bertz CT molecular complexity index is 491. The van der Waals surface area contributed by atoms with E-state index in [0.29, 0.717) is 26.2 Å². The smallest absolute Gasteiger partial charge is 0.320 e. The number of hydrogen-bond donors (Lipinski definition) is 0. The molecule has 1 aliphatic rings. The molecule has 1 aromatic rings. The topological polar surface area (TPSA) is 43.9 Å². The molecule has 1 aliphatic heterocycles. The summed E-state index contributed by atoms with van der Waals surface area (Å²) in [5.41, 5.74) is 1.08. The van der Waals surface area contributed by atoms with Crippen molar-refractivity contribution in [3.05, 3.63) is 22.4 Å². The van der Waals surface area contributed by atoms with Gasteiger partial charge in [0.05, 0.1) is 5.92 Å². The Labute approximate surface area is 136 Å². The molecule has 0 aliphatic carbocycles. The molecule has 1 saturated heterocycles. The highest BCUT2D eigenvalue weighted by Crippen LogP contribution is 2.21. The van der Waals surface area contributed by atoms with E-state index >= 15 is 0 Å². The van der Waals surface area contributed by atoms with Gasteiger partial charge >= 0.3 is 6.03 Å². The molecular weight excluding hydrogens is 298 g/mol. The van der Waals surface area contributed by atoms with Crippen LogP contribution in [0.25, 0.3) is 0 Å². The second-order valence-electron chi connectivity index (χ2n) is 5.55. The summed E-state index contributed by atoms with van der Waals surface area (Å²) in [5, 5.41) is 4.03. The van der Waals surface area contributed by atoms with Crippen molar-refractivity contribution in [2.24, 2.45) is 0 Å². The zero-order valence-corrected chi connectivity index (χ0v) is 14.4. The molecule has 0 unspecified atom stereocenters. The van der Waals surface area contributed by atoms with E-state index in [1.807, 2.05) is 52.3 Å². The lowest BCUT2D eigenvalue weighted by Gasteiger charge is -2.38. The van der Waals surface area contributed by atoms with Crippen LogP contribution in [0.5, 0.6) is 0 Å². The third kappa shape index (κ3) is 3.61. The molecule has 0 aromatic carbocycles. The average Bonchev–Trinajstić information content (AvgIpc) is 3.09. The molecule has 122 valence electrons. The minimum atomic E-state index is -0.101. The first-order valence-corrected chi connectivity index (χ1v) is 8.87. The summed E-state index contributed by atoms with van der Waals surface area (Å²) in [4.78, 5) is 30.4. The van der Waals surface area contributed by atoms with Crippen LogP contribution < -0.4 is 0 Å². The van der Waals surface area contributed by atoms with Gasteiger partial charge in [-0.05, 0) is 43.2 Å². The van der Waals surface area contributed by atoms with Crippen LogP contribution in [0.3, 0.4) is 0 Å². The Morgan fingerprint density at radius 1 is 1.18 bits per heavy atom. The van der Waals surface area contributed by atoms with Gasteiger partial charge in [0, 0.05) is 39.3 Å². The van der Waals surface area contributed by atoms with Crippen LogP contribution in [-0.4, -0.2) is 65.9 Å². The Morgan fingerprint density at radius 3 is 2.27 bits per heavy atom. The minimum absolute atomic E-state index is 0.0861. The first-order chi connectivity index (χ1) is 10.6. The van der Waals surface area contributed by atoms with Crippen molar-refractivity contribution < 1.29 is 9.59 Å². The lowest BCUT2D eigenvalue weighted by atomic mass is 10.0. The molecule has 0 N–H and O–H groups in total. The van der Waals surface area contributed by atoms with Gasteiger partial charge in [-0.3, -0.25) is 4.79 Å². The van der Waals surface area contributed by atoms with Crippen LogP contribution >= 0.6 is 11.3 Å². The minimum Gasteiger partial charge on any atom is -0.339 e. The molecule has 1 atom stereocenters. The number of amides is 3. The highest BCUT2D eigenvalue weighted by Gasteiger charge is 2.28. The normalized spacial score (nSPS) is 16.5. The second-order valence-corrected chi connectivity index (χ2v) is 6.33. The molecule has 0 radical (unpaired) electrons. The average molecular weight is 323 g/mol. The zero-order valence-electron chi connectivity index (χ0n) is 13.6. The van der Waals surface area contributed by atoms with Crippen molar-refractivity contribution >= 4 is 23.3 Å². The van der Waals surface area contributed by atoms with Crippen LogP contribution in [-0.2, 0) is 4.79 Å². The largest absolute Gasteiger partial charge is 0.339 e. The van der Waals surface area contributed by atoms with Crippen molar-refractivity contribution in [2.75, 3.05) is 39.3 Å². The molecule has 0 saturated carbocycles. The number of carbonyl (C=O) groups is 2. The van der Waals surface area contributed by atoms with Gasteiger partial charge in [-0.15, -0.1) is 0 Å². The van der Waals surface area contributed by atoms with Crippen molar-refractivity contribution in [1.29, 1.82) is 0 Å². The predicted octanol–water partition coefficient (Wildman–Crippen LogP) is 2.46. The van der Waals surface area contributed by atoms with Crippen molar-refractivity contribution in [1.82, 2.24) is 14.7 Å². The van der Waals surface area contributed by atoms with Crippen molar-refractivity contribution in [3.63, 3.8) is 0 Å². The van der Waals surface area contributed by atoms with Crippen molar-refractivity contribution in [2.45, 2.75) is 26.7 Å². The summed E-state index contributed by atoms with van der Waals surface area (Å²) in [7, 11) is 0. The fraction of sp³-hybridized carbons (Fsp3) is 0.625. The van der Waals surface area contributed by atoms with E-state index in [1.165, 1.54) is 0 Å². The molecule has 5 nitrogen and oxygen atoms in total. The number of urea groups is 1. The number of thiophene rings is 1. The molecular formula is C16H25N3O2S. The predicted molar refractivity (Wildman–Crippen MR) is 89.2 cm³/mol. The van der Waals surface area contributed by atoms with Crippen LogP contribution in [0.4, 0.5) is 4.79 Å². The number of piperazine rings is 1. The highest BCUT2D eigenvalue weighted by atomic mass is 32.1. The maximum atomic E-state index is 12.5. The summed E-state index contributed by atoms with van der Waals surface area (Å²) in [6, 6.07) is 2.09. The SMILES string of the molecule is CCN(CC)C(=O)N1CCN(C(=O)[C@H](C)c2ccsc2)CC1. The maximum Gasteiger partial charge on any atom is 0.320 e. The Kier molecular flexibility index (Phi) is 5.83. The van der Waals surface area contributed by atoms with Crippen molar-refractivity contribution in [3.8, 4) is 0 Å². The van der Waals surface area contributed by atoms with Gasteiger partial charge in [-0.1, -0.05) is 0 Å². The van der Waals surface area contributed by atoms with E-state index in [-0.39, 0.29) is 17.9 Å². The number of hydrogen-bond acceptors (Lipinski definition) is 3. The van der Waals surface area contributed by atoms with Gasteiger partial charge in [0.15, 0.2) is 0 Å². The molecule has 22 heavy (non-hydrogen) atoms. The lowest BCUT2D eigenvalue weighted by Crippen LogP contribution is -2.54. The molecule has 1 fully saturated rings. The van der Waals surface area contributed by atoms with Crippen LogP contribution in [0.15, 0.2) is 16.8 Å². The number of rotatable bonds is 4. The monoisotopic (exact) mass is 323 g/mol. The van der Waals surface area contributed by atoms with Crippen LogP contribution in [0.1, 0.15) is 32.3 Å². The summed E-state index contributed by atoms with van der Waals surface area (Å²) < 4.78 is 0.